The SMILES string of the molecule is COc1ccc(O[C@@H]2CC[C@H]3OO[C@@H]2O3)cc1. The monoisotopic (exact) mass is 238 g/mol. The first-order chi connectivity index (χ1) is 8.35. The Morgan fingerprint density at radius 1 is 1.06 bits per heavy atom. The van der Waals surface area contributed by atoms with Gasteiger partial charge in [0, 0.05) is 6.42 Å². The van der Waals surface area contributed by atoms with Gasteiger partial charge in [0.15, 0.2) is 12.4 Å². The summed E-state index contributed by atoms with van der Waals surface area (Å²) in [7, 11) is 1.63. The van der Waals surface area contributed by atoms with Crippen molar-refractivity contribution in [3.05, 3.63) is 24.3 Å². The summed E-state index contributed by atoms with van der Waals surface area (Å²) in [6, 6.07) is 7.43. The average molecular weight is 238 g/mol. The zero-order valence-electron chi connectivity index (χ0n) is 9.50. The van der Waals surface area contributed by atoms with Crippen molar-refractivity contribution in [1.29, 1.82) is 0 Å². The molecule has 0 saturated carbocycles. The fourth-order valence-electron chi connectivity index (χ4n) is 1.96. The second kappa shape index (κ2) is 4.52. The minimum atomic E-state index is -0.421. The molecule has 2 heterocycles. The van der Waals surface area contributed by atoms with E-state index in [2.05, 4.69) is 0 Å². The molecule has 2 aliphatic rings. The van der Waals surface area contributed by atoms with Gasteiger partial charge in [0.2, 0.25) is 6.29 Å². The normalized spacial score (nSPS) is 31.2. The van der Waals surface area contributed by atoms with E-state index < -0.39 is 6.29 Å². The van der Waals surface area contributed by atoms with Crippen LogP contribution in [0.4, 0.5) is 0 Å². The Bertz CT molecular complexity index is 377. The number of rotatable bonds is 3. The second-order valence-corrected chi connectivity index (χ2v) is 4.04. The Labute approximate surface area is 99.1 Å². The molecular formula is C12H14O5. The van der Waals surface area contributed by atoms with Crippen molar-refractivity contribution in [1.82, 2.24) is 0 Å². The number of ether oxygens (including phenoxy) is 3. The highest BCUT2D eigenvalue weighted by Gasteiger charge is 2.41. The summed E-state index contributed by atoms with van der Waals surface area (Å²) >= 11 is 0. The molecule has 0 spiro atoms. The molecule has 0 radical (unpaired) electrons. The summed E-state index contributed by atoms with van der Waals surface area (Å²) < 4.78 is 16.3. The fraction of sp³-hybridized carbons (Fsp3) is 0.500. The van der Waals surface area contributed by atoms with Gasteiger partial charge in [0.1, 0.15) is 11.5 Å². The molecule has 5 nitrogen and oxygen atoms in total. The Hall–Kier alpha value is -1.30. The lowest BCUT2D eigenvalue weighted by Gasteiger charge is -2.25. The van der Waals surface area contributed by atoms with E-state index in [1.807, 2.05) is 24.3 Å². The molecule has 1 aromatic carbocycles. The number of hydrogen-bond acceptors (Lipinski definition) is 5. The molecule has 5 heteroatoms. The molecule has 0 aliphatic carbocycles. The van der Waals surface area contributed by atoms with E-state index in [4.69, 9.17) is 24.0 Å². The third kappa shape index (κ3) is 2.22. The van der Waals surface area contributed by atoms with Crippen molar-refractivity contribution in [2.45, 2.75) is 31.5 Å². The molecule has 92 valence electrons. The quantitative estimate of drug-likeness (QED) is 0.752. The topological polar surface area (TPSA) is 46.2 Å². The molecule has 2 saturated heterocycles. The van der Waals surface area contributed by atoms with E-state index in [1.165, 1.54) is 0 Å². The molecule has 2 aliphatic heterocycles. The van der Waals surface area contributed by atoms with Crippen molar-refractivity contribution in [2.75, 3.05) is 7.11 Å². The first-order valence-corrected chi connectivity index (χ1v) is 5.63. The van der Waals surface area contributed by atoms with E-state index in [0.717, 1.165) is 24.3 Å². The number of benzene rings is 1. The molecular weight excluding hydrogens is 224 g/mol. The Morgan fingerprint density at radius 3 is 2.59 bits per heavy atom. The van der Waals surface area contributed by atoms with Crippen LogP contribution in [-0.4, -0.2) is 25.8 Å². The highest BCUT2D eigenvalue weighted by atomic mass is 17.3. The van der Waals surface area contributed by atoms with Gasteiger partial charge in [-0.15, -0.1) is 0 Å². The van der Waals surface area contributed by atoms with Crippen LogP contribution in [0.25, 0.3) is 0 Å². The van der Waals surface area contributed by atoms with Crippen molar-refractivity contribution in [3.63, 3.8) is 0 Å². The standard InChI is InChI=1S/C12H14O5/c1-13-8-2-4-9(5-3-8)14-10-6-7-11-15-12(10)17-16-11/h2-5,10-12H,6-7H2,1H3/t10-,11-,12+/m1/s1. The molecule has 0 amide bonds. The zero-order chi connectivity index (χ0) is 11.7. The fourth-order valence-corrected chi connectivity index (χ4v) is 1.96. The largest absolute Gasteiger partial charge is 0.497 e. The smallest absolute Gasteiger partial charge is 0.230 e. The first-order valence-electron chi connectivity index (χ1n) is 5.63. The van der Waals surface area contributed by atoms with Crippen LogP contribution in [0.1, 0.15) is 12.8 Å². The molecule has 0 N–H and O–H groups in total. The van der Waals surface area contributed by atoms with Gasteiger partial charge in [0.25, 0.3) is 0 Å². The Morgan fingerprint density at radius 2 is 1.82 bits per heavy atom. The lowest BCUT2D eigenvalue weighted by molar-refractivity contribution is -0.297. The van der Waals surface area contributed by atoms with Crippen LogP contribution < -0.4 is 9.47 Å². The highest BCUT2D eigenvalue weighted by molar-refractivity contribution is 5.31. The van der Waals surface area contributed by atoms with Crippen LogP contribution in [0.2, 0.25) is 0 Å². The van der Waals surface area contributed by atoms with Crippen molar-refractivity contribution in [3.8, 4) is 11.5 Å². The summed E-state index contributed by atoms with van der Waals surface area (Å²) in [4.78, 5) is 9.99. The number of fused-ring (bicyclic) bond motifs is 2. The van der Waals surface area contributed by atoms with E-state index in [-0.39, 0.29) is 12.4 Å². The maximum Gasteiger partial charge on any atom is 0.230 e. The van der Waals surface area contributed by atoms with Crippen LogP contribution >= 0.6 is 0 Å². The Balaban J connectivity index is 1.65. The molecule has 2 fully saturated rings. The van der Waals surface area contributed by atoms with Gasteiger partial charge in [-0.2, -0.15) is 4.89 Å². The summed E-state index contributed by atoms with van der Waals surface area (Å²) in [6.45, 7) is 0. The molecule has 0 unspecified atom stereocenters. The van der Waals surface area contributed by atoms with Crippen LogP contribution in [0.15, 0.2) is 24.3 Å². The van der Waals surface area contributed by atoms with E-state index >= 15 is 0 Å². The lowest BCUT2D eigenvalue weighted by Crippen LogP contribution is -2.37. The predicted octanol–water partition coefficient (Wildman–Crippen LogP) is 1.87. The Kier molecular flexibility index (Phi) is 2.88. The summed E-state index contributed by atoms with van der Waals surface area (Å²) in [6.07, 6.45) is 0.882. The summed E-state index contributed by atoms with van der Waals surface area (Å²) in [5, 5.41) is 0. The minimum Gasteiger partial charge on any atom is -0.497 e. The molecule has 1 aromatic rings. The maximum absolute atomic E-state index is 5.80. The third-order valence-electron chi connectivity index (χ3n) is 2.88. The third-order valence-corrected chi connectivity index (χ3v) is 2.88. The maximum atomic E-state index is 5.80. The molecule has 17 heavy (non-hydrogen) atoms. The minimum absolute atomic E-state index is 0.123. The number of hydrogen-bond donors (Lipinski definition) is 0. The molecule has 3 rings (SSSR count). The second-order valence-electron chi connectivity index (χ2n) is 4.04. The van der Waals surface area contributed by atoms with Gasteiger partial charge in [-0.05, 0) is 30.7 Å². The molecule has 2 bridgehead atoms. The van der Waals surface area contributed by atoms with Crippen molar-refractivity contribution < 1.29 is 24.0 Å². The predicted molar refractivity (Wildman–Crippen MR) is 57.5 cm³/mol. The van der Waals surface area contributed by atoms with Gasteiger partial charge in [0.05, 0.1) is 7.11 Å². The lowest BCUT2D eigenvalue weighted by atomic mass is 10.1. The van der Waals surface area contributed by atoms with Gasteiger partial charge < -0.3 is 14.2 Å². The van der Waals surface area contributed by atoms with Crippen molar-refractivity contribution in [2.24, 2.45) is 0 Å². The molecule has 0 aromatic heterocycles. The average Bonchev–Trinajstić information content (AvgIpc) is 2.77. The van der Waals surface area contributed by atoms with Gasteiger partial charge >= 0.3 is 0 Å². The highest BCUT2D eigenvalue weighted by Crippen LogP contribution is 2.31. The van der Waals surface area contributed by atoms with E-state index in [1.54, 1.807) is 7.11 Å². The van der Waals surface area contributed by atoms with E-state index in [9.17, 15) is 0 Å². The van der Waals surface area contributed by atoms with Crippen LogP contribution in [-0.2, 0) is 14.5 Å². The van der Waals surface area contributed by atoms with Gasteiger partial charge in [-0.25, -0.2) is 4.89 Å². The van der Waals surface area contributed by atoms with Gasteiger partial charge in [-0.1, -0.05) is 0 Å². The van der Waals surface area contributed by atoms with Gasteiger partial charge in [-0.3, -0.25) is 0 Å². The van der Waals surface area contributed by atoms with Crippen LogP contribution in [0.3, 0.4) is 0 Å². The number of methoxy groups -OCH3 is 1. The van der Waals surface area contributed by atoms with Crippen LogP contribution in [0, 0.1) is 0 Å². The summed E-state index contributed by atoms with van der Waals surface area (Å²) in [5.41, 5.74) is 0. The molecule has 3 atom stereocenters. The summed E-state index contributed by atoms with van der Waals surface area (Å²) in [5.74, 6) is 1.58. The first kappa shape index (κ1) is 10.8. The van der Waals surface area contributed by atoms with Crippen LogP contribution in [0.5, 0.6) is 11.5 Å². The van der Waals surface area contributed by atoms with E-state index in [0.29, 0.717) is 0 Å². The van der Waals surface area contributed by atoms with Crippen molar-refractivity contribution >= 4 is 0 Å². The zero-order valence-corrected chi connectivity index (χ0v) is 9.50.